The molecule has 2 rings (SSSR count). The maximum Gasteiger partial charge on any atom is 0.0390 e. The van der Waals surface area contributed by atoms with Crippen molar-refractivity contribution in [1.82, 2.24) is 0 Å². The highest BCUT2D eigenvalue weighted by atomic mass is 32.2. The second kappa shape index (κ2) is 3.88. The van der Waals surface area contributed by atoms with E-state index in [0.717, 1.165) is 17.9 Å². The summed E-state index contributed by atoms with van der Waals surface area (Å²) >= 11 is 1.98. The monoisotopic (exact) mass is 191 g/mol. The Kier molecular flexibility index (Phi) is 2.60. The molecule has 2 heteroatoms. The Hall–Kier alpha value is -0.890. The molecule has 0 aromatic heterocycles. The number of para-hydroxylation sites is 1. The fraction of sp³-hybridized carbons (Fsp3) is 0.273. The first-order chi connectivity index (χ1) is 6.38. The van der Waals surface area contributed by atoms with E-state index in [0.29, 0.717) is 0 Å². The number of anilines is 1. The highest BCUT2D eigenvalue weighted by molar-refractivity contribution is 7.99. The Balaban J connectivity index is 2.34. The lowest BCUT2D eigenvalue weighted by atomic mass is 10.0. The largest absolute Gasteiger partial charge is 0.398 e. The van der Waals surface area contributed by atoms with Gasteiger partial charge in [-0.2, -0.15) is 11.8 Å². The molecular weight excluding hydrogens is 178 g/mol. The Bertz CT molecular complexity index is 331. The van der Waals surface area contributed by atoms with E-state index in [1.807, 2.05) is 30.0 Å². The number of nitrogens with two attached hydrogens (primary N) is 1. The van der Waals surface area contributed by atoms with Crippen LogP contribution < -0.4 is 5.73 Å². The number of rotatable bonds is 1. The lowest BCUT2D eigenvalue weighted by Gasteiger charge is -2.14. The van der Waals surface area contributed by atoms with Crippen LogP contribution in [0.25, 0.3) is 5.57 Å². The zero-order valence-electron chi connectivity index (χ0n) is 7.49. The molecular formula is C11H13NS. The molecule has 0 amide bonds. The number of thioether (sulfide) groups is 1. The third-order valence-electron chi connectivity index (χ3n) is 2.27. The molecule has 2 N–H and O–H groups in total. The van der Waals surface area contributed by atoms with Crippen molar-refractivity contribution in [2.75, 3.05) is 17.2 Å². The van der Waals surface area contributed by atoms with Crippen LogP contribution in [-0.2, 0) is 0 Å². The van der Waals surface area contributed by atoms with Gasteiger partial charge in [-0.3, -0.25) is 0 Å². The van der Waals surface area contributed by atoms with Crippen LogP contribution in [0.2, 0.25) is 0 Å². The van der Waals surface area contributed by atoms with Gasteiger partial charge in [-0.05, 0) is 23.8 Å². The standard InChI is InChI=1S/C11H13NS/c12-11-4-2-1-3-10(11)9-5-7-13-8-6-9/h1-5H,6-8,12H2. The summed E-state index contributed by atoms with van der Waals surface area (Å²) in [5.74, 6) is 2.35. The molecule has 1 aromatic rings. The molecule has 0 radical (unpaired) electrons. The van der Waals surface area contributed by atoms with E-state index in [1.54, 1.807) is 0 Å². The molecule has 0 spiro atoms. The van der Waals surface area contributed by atoms with Gasteiger partial charge in [0.25, 0.3) is 0 Å². The van der Waals surface area contributed by atoms with Crippen molar-refractivity contribution in [3.05, 3.63) is 35.9 Å². The summed E-state index contributed by atoms with van der Waals surface area (Å²) in [7, 11) is 0. The van der Waals surface area contributed by atoms with E-state index < -0.39 is 0 Å². The van der Waals surface area contributed by atoms with Crippen molar-refractivity contribution in [3.63, 3.8) is 0 Å². The smallest absolute Gasteiger partial charge is 0.0390 e. The van der Waals surface area contributed by atoms with Crippen molar-refractivity contribution < 1.29 is 0 Å². The van der Waals surface area contributed by atoms with E-state index >= 15 is 0 Å². The number of hydrogen-bond donors (Lipinski definition) is 1. The summed E-state index contributed by atoms with van der Waals surface area (Å²) in [6, 6.07) is 8.11. The van der Waals surface area contributed by atoms with E-state index in [2.05, 4.69) is 12.1 Å². The molecule has 68 valence electrons. The molecule has 1 aliphatic heterocycles. The lowest BCUT2D eigenvalue weighted by Crippen LogP contribution is -1.98. The Morgan fingerprint density at radius 2 is 2.08 bits per heavy atom. The van der Waals surface area contributed by atoms with Crippen molar-refractivity contribution in [2.45, 2.75) is 6.42 Å². The first kappa shape index (κ1) is 8.70. The quantitative estimate of drug-likeness (QED) is 0.691. The average molecular weight is 191 g/mol. The number of benzene rings is 1. The van der Waals surface area contributed by atoms with Crippen molar-refractivity contribution >= 4 is 23.0 Å². The van der Waals surface area contributed by atoms with Gasteiger partial charge in [0.1, 0.15) is 0 Å². The van der Waals surface area contributed by atoms with Crippen LogP contribution in [0.3, 0.4) is 0 Å². The topological polar surface area (TPSA) is 26.0 Å². The minimum atomic E-state index is 0.903. The Morgan fingerprint density at radius 1 is 1.23 bits per heavy atom. The first-order valence-electron chi connectivity index (χ1n) is 4.49. The minimum Gasteiger partial charge on any atom is -0.398 e. The van der Waals surface area contributed by atoms with E-state index in [-0.39, 0.29) is 0 Å². The van der Waals surface area contributed by atoms with Gasteiger partial charge in [0, 0.05) is 17.0 Å². The van der Waals surface area contributed by atoms with Crippen LogP contribution >= 0.6 is 11.8 Å². The molecule has 1 aromatic carbocycles. The van der Waals surface area contributed by atoms with Gasteiger partial charge >= 0.3 is 0 Å². The maximum absolute atomic E-state index is 5.90. The molecule has 1 aliphatic rings. The third-order valence-corrected chi connectivity index (χ3v) is 3.17. The maximum atomic E-state index is 5.90. The highest BCUT2D eigenvalue weighted by Crippen LogP contribution is 2.28. The van der Waals surface area contributed by atoms with Gasteiger partial charge in [0.15, 0.2) is 0 Å². The van der Waals surface area contributed by atoms with E-state index in [9.17, 15) is 0 Å². The van der Waals surface area contributed by atoms with E-state index in [1.165, 1.54) is 16.9 Å². The van der Waals surface area contributed by atoms with Crippen LogP contribution in [0.4, 0.5) is 5.69 Å². The average Bonchev–Trinajstić information content (AvgIpc) is 2.20. The summed E-state index contributed by atoms with van der Waals surface area (Å²) in [6.45, 7) is 0. The lowest BCUT2D eigenvalue weighted by molar-refractivity contribution is 1.23. The molecule has 0 saturated heterocycles. The molecule has 1 heterocycles. The second-order valence-corrected chi connectivity index (χ2v) is 4.29. The molecule has 0 saturated carbocycles. The van der Waals surface area contributed by atoms with Gasteiger partial charge < -0.3 is 5.73 Å². The predicted octanol–water partition coefficient (Wildman–Crippen LogP) is 2.79. The van der Waals surface area contributed by atoms with Gasteiger partial charge in [0.05, 0.1) is 0 Å². The van der Waals surface area contributed by atoms with Gasteiger partial charge in [0.2, 0.25) is 0 Å². The van der Waals surface area contributed by atoms with Crippen molar-refractivity contribution in [2.24, 2.45) is 0 Å². The molecule has 1 nitrogen and oxygen atoms in total. The van der Waals surface area contributed by atoms with Crippen LogP contribution in [0.5, 0.6) is 0 Å². The SMILES string of the molecule is Nc1ccccc1C1=CCSCC1. The van der Waals surface area contributed by atoms with Gasteiger partial charge in [-0.25, -0.2) is 0 Å². The number of hydrogen-bond acceptors (Lipinski definition) is 2. The molecule has 0 atom stereocenters. The predicted molar refractivity (Wildman–Crippen MR) is 60.8 cm³/mol. The van der Waals surface area contributed by atoms with E-state index in [4.69, 9.17) is 5.73 Å². The van der Waals surface area contributed by atoms with Crippen LogP contribution in [-0.4, -0.2) is 11.5 Å². The first-order valence-corrected chi connectivity index (χ1v) is 5.65. The van der Waals surface area contributed by atoms with Gasteiger partial charge in [-0.1, -0.05) is 24.3 Å². The fourth-order valence-electron chi connectivity index (χ4n) is 1.56. The molecule has 0 unspecified atom stereocenters. The number of allylic oxidation sites excluding steroid dienone is 1. The summed E-state index contributed by atoms with van der Waals surface area (Å²) in [4.78, 5) is 0. The second-order valence-electron chi connectivity index (χ2n) is 3.14. The molecule has 0 fully saturated rings. The van der Waals surface area contributed by atoms with Crippen molar-refractivity contribution in [3.8, 4) is 0 Å². The summed E-state index contributed by atoms with van der Waals surface area (Å²) in [5.41, 5.74) is 9.45. The van der Waals surface area contributed by atoms with Crippen molar-refractivity contribution in [1.29, 1.82) is 0 Å². The molecule has 0 aliphatic carbocycles. The Morgan fingerprint density at radius 3 is 2.77 bits per heavy atom. The Labute approximate surface area is 83.0 Å². The zero-order chi connectivity index (χ0) is 9.10. The summed E-state index contributed by atoms with van der Waals surface area (Å²) in [5, 5.41) is 0. The highest BCUT2D eigenvalue weighted by Gasteiger charge is 2.07. The third kappa shape index (κ3) is 1.89. The van der Waals surface area contributed by atoms with Crippen LogP contribution in [0, 0.1) is 0 Å². The zero-order valence-corrected chi connectivity index (χ0v) is 8.31. The van der Waals surface area contributed by atoms with Crippen LogP contribution in [0.1, 0.15) is 12.0 Å². The fourth-order valence-corrected chi connectivity index (χ4v) is 2.41. The molecule has 0 bridgehead atoms. The van der Waals surface area contributed by atoms with Crippen LogP contribution in [0.15, 0.2) is 30.3 Å². The minimum absolute atomic E-state index is 0.903. The van der Waals surface area contributed by atoms with Gasteiger partial charge in [-0.15, -0.1) is 0 Å². The number of nitrogen functional groups attached to an aromatic ring is 1. The molecule has 13 heavy (non-hydrogen) atoms. The normalized spacial score (nSPS) is 16.8. The summed E-state index contributed by atoms with van der Waals surface area (Å²) < 4.78 is 0. The summed E-state index contributed by atoms with van der Waals surface area (Å²) in [6.07, 6.45) is 3.44.